The van der Waals surface area contributed by atoms with E-state index in [1.165, 1.54) is 5.56 Å². The average Bonchev–Trinajstić information content (AvgIpc) is 3.00. The summed E-state index contributed by atoms with van der Waals surface area (Å²) in [5.74, 6) is 0.0733. The molecule has 3 rings (SSSR count). The summed E-state index contributed by atoms with van der Waals surface area (Å²) in [6, 6.07) is 10.1. The molecular weight excluding hydrogens is 314 g/mol. The smallest absolute Gasteiger partial charge is 0.226 e. The van der Waals surface area contributed by atoms with E-state index in [1.807, 2.05) is 42.9 Å². The highest BCUT2D eigenvalue weighted by molar-refractivity contribution is 5.82. The molecule has 2 N–H and O–H groups in total. The lowest BCUT2D eigenvalue weighted by atomic mass is 9.83. The van der Waals surface area contributed by atoms with Crippen LogP contribution in [0.25, 0.3) is 0 Å². The lowest BCUT2D eigenvalue weighted by Gasteiger charge is -2.30. The predicted octanol–water partition coefficient (Wildman–Crippen LogP) is 2.64. The molecule has 0 saturated carbocycles. The Balaban J connectivity index is 1.71. The van der Waals surface area contributed by atoms with Crippen LogP contribution in [0.5, 0.6) is 0 Å². The molecule has 0 bridgehead atoms. The van der Waals surface area contributed by atoms with Crippen molar-refractivity contribution in [3.05, 3.63) is 53.3 Å². The zero-order chi connectivity index (χ0) is 17.9. The highest BCUT2D eigenvalue weighted by atomic mass is 16.3. The first kappa shape index (κ1) is 17.7. The Hall–Kier alpha value is -2.14. The van der Waals surface area contributed by atoms with Crippen molar-refractivity contribution in [3.63, 3.8) is 0 Å². The number of hydrogen-bond donors (Lipinski definition) is 2. The van der Waals surface area contributed by atoms with E-state index in [0.29, 0.717) is 13.0 Å². The van der Waals surface area contributed by atoms with Crippen molar-refractivity contribution in [1.29, 1.82) is 0 Å². The summed E-state index contributed by atoms with van der Waals surface area (Å²) in [5.41, 5.74) is 2.94. The third-order valence-corrected chi connectivity index (χ3v) is 4.98. The first-order valence-electron chi connectivity index (χ1n) is 9.01. The van der Waals surface area contributed by atoms with Crippen molar-refractivity contribution in [2.24, 2.45) is 5.41 Å². The number of fused-ring (bicyclic) bond motifs is 1. The number of rotatable bonds is 6. The van der Waals surface area contributed by atoms with Gasteiger partial charge in [0.05, 0.1) is 25.4 Å². The van der Waals surface area contributed by atoms with Crippen LogP contribution in [0.2, 0.25) is 0 Å². The van der Waals surface area contributed by atoms with Gasteiger partial charge in [0.1, 0.15) is 0 Å². The van der Waals surface area contributed by atoms with Crippen LogP contribution in [0.3, 0.4) is 0 Å². The van der Waals surface area contributed by atoms with Gasteiger partial charge in [-0.3, -0.25) is 9.48 Å². The number of nitrogens with one attached hydrogen (secondary N) is 1. The molecular formula is C20H27N3O2. The van der Waals surface area contributed by atoms with E-state index in [2.05, 4.69) is 22.5 Å². The van der Waals surface area contributed by atoms with Crippen LogP contribution in [0.4, 0.5) is 0 Å². The molecule has 0 spiro atoms. The second-order valence-electron chi connectivity index (χ2n) is 7.46. The second kappa shape index (κ2) is 7.40. The monoisotopic (exact) mass is 341 g/mol. The van der Waals surface area contributed by atoms with E-state index in [0.717, 1.165) is 30.5 Å². The Morgan fingerprint density at radius 1 is 1.36 bits per heavy atom. The minimum atomic E-state index is -0.472. The van der Waals surface area contributed by atoms with Gasteiger partial charge in [0.2, 0.25) is 5.91 Å². The molecule has 25 heavy (non-hydrogen) atoms. The van der Waals surface area contributed by atoms with E-state index in [9.17, 15) is 4.79 Å². The highest BCUT2D eigenvalue weighted by Gasteiger charge is 2.32. The fourth-order valence-corrected chi connectivity index (χ4v) is 3.60. The molecule has 0 saturated heterocycles. The first-order chi connectivity index (χ1) is 12.0. The van der Waals surface area contributed by atoms with Crippen molar-refractivity contribution in [1.82, 2.24) is 15.1 Å². The fraction of sp³-hybridized carbons (Fsp3) is 0.500. The molecule has 2 aromatic rings. The quantitative estimate of drug-likeness (QED) is 0.849. The van der Waals surface area contributed by atoms with Gasteiger partial charge in [0.25, 0.3) is 0 Å². The third kappa shape index (κ3) is 3.93. The number of aromatic nitrogens is 2. The van der Waals surface area contributed by atoms with E-state index in [1.54, 1.807) is 0 Å². The maximum absolute atomic E-state index is 12.9. The van der Waals surface area contributed by atoms with Gasteiger partial charge in [-0.05, 0) is 31.2 Å². The van der Waals surface area contributed by atoms with Gasteiger partial charge in [0.15, 0.2) is 0 Å². The molecule has 1 atom stereocenters. The van der Waals surface area contributed by atoms with Crippen molar-refractivity contribution >= 4 is 5.91 Å². The molecule has 1 heterocycles. The molecule has 5 nitrogen and oxygen atoms in total. The number of nitrogens with zero attached hydrogens (tertiary/aromatic N) is 2. The molecule has 1 aliphatic rings. The maximum Gasteiger partial charge on any atom is 0.226 e. The molecule has 0 radical (unpaired) electrons. The molecule has 1 aromatic heterocycles. The Morgan fingerprint density at radius 3 is 2.84 bits per heavy atom. The SMILES string of the molecule is CC(C)(Cc1ccccc1)C(=O)NC1CCCc2c1cnn2CCO. The van der Waals surface area contributed by atoms with Gasteiger partial charge in [-0.15, -0.1) is 0 Å². The number of aliphatic hydroxyl groups is 1. The van der Waals surface area contributed by atoms with E-state index >= 15 is 0 Å². The van der Waals surface area contributed by atoms with E-state index in [-0.39, 0.29) is 18.6 Å². The molecule has 0 fully saturated rings. The van der Waals surface area contributed by atoms with Gasteiger partial charge in [-0.25, -0.2) is 0 Å². The fourth-order valence-electron chi connectivity index (χ4n) is 3.60. The van der Waals surface area contributed by atoms with Crippen LogP contribution in [0.1, 0.15) is 49.6 Å². The minimum absolute atomic E-state index is 0.0127. The summed E-state index contributed by atoms with van der Waals surface area (Å²) in [5, 5.41) is 16.8. The molecule has 134 valence electrons. The van der Waals surface area contributed by atoms with Gasteiger partial charge in [0, 0.05) is 16.7 Å². The molecule has 1 aromatic carbocycles. The lowest BCUT2D eigenvalue weighted by Crippen LogP contribution is -2.41. The highest BCUT2D eigenvalue weighted by Crippen LogP contribution is 2.31. The standard InChI is InChI=1S/C20H27N3O2/c1-20(2,13-15-7-4-3-5-8-15)19(25)22-17-9-6-10-18-16(17)14-21-23(18)11-12-24/h3-5,7-8,14,17,24H,6,9-13H2,1-2H3,(H,22,25). The Kier molecular flexibility index (Phi) is 5.23. The lowest BCUT2D eigenvalue weighted by molar-refractivity contribution is -0.130. The van der Waals surface area contributed by atoms with Crippen LogP contribution < -0.4 is 5.32 Å². The van der Waals surface area contributed by atoms with Crippen LogP contribution in [0, 0.1) is 5.41 Å². The molecule has 0 aliphatic heterocycles. The molecule has 1 unspecified atom stereocenters. The van der Waals surface area contributed by atoms with Crippen LogP contribution in [0.15, 0.2) is 36.5 Å². The van der Waals surface area contributed by atoms with Crippen molar-refractivity contribution < 1.29 is 9.90 Å². The molecule has 1 amide bonds. The second-order valence-corrected chi connectivity index (χ2v) is 7.46. The number of carbonyl (C=O) groups is 1. The molecule has 5 heteroatoms. The Labute approximate surface area is 149 Å². The third-order valence-electron chi connectivity index (χ3n) is 4.98. The van der Waals surface area contributed by atoms with E-state index in [4.69, 9.17) is 5.11 Å². The normalized spacial score (nSPS) is 17.2. The van der Waals surface area contributed by atoms with Gasteiger partial charge in [-0.1, -0.05) is 44.2 Å². The predicted molar refractivity (Wildman–Crippen MR) is 97.1 cm³/mol. The van der Waals surface area contributed by atoms with Crippen molar-refractivity contribution in [2.75, 3.05) is 6.61 Å². The summed E-state index contributed by atoms with van der Waals surface area (Å²) in [6.07, 6.45) is 5.47. The maximum atomic E-state index is 12.9. The van der Waals surface area contributed by atoms with Gasteiger partial charge < -0.3 is 10.4 Å². The van der Waals surface area contributed by atoms with E-state index < -0.39 is 5.41 Å². The zero-order valence-electron chi connectivity index (χ0n) is 15.0. The largest absolute Gasteiger partial charge is 0.394 e. The first-order valence-corrected chi connectivity index (χ1v) is 9.01. The molecule has 1 aliphatic carbocycles. The number of carbonyl (C=O) groups excluding carboxylic acids is 1. The van der Waals surface area contributed by atoms with Crippen LogP contribution in [-0.4, -0.2) is 27.4 Å². The average molecular weight is 341 g/mol. The summed E-state index contributed by atoms with van der Waals surface area (Å²) in [6.45, 7) is 4.58. The minimum Gasteiger partial charge on any atom is -0.394 e. The van der Waals surface area contributed by atoms with Gasteiger partial charge in [-0.2, -0.15) is 5.10 Å². The van der Waals surface area contributed by atoms with Gasteiger partial charge >= 0.3 is 0 Å². The number of aliphatic hydroxyl groups excluding tert-OH is 1. The topological polar surface area (TPSA) is 67.2 Å². The van der Waals surface area contributed by atoms with Crippen LogP contribution >= 0.6 is 0 Å². The zero-order valence-corrected chi connectivity index (χ0v) is 15.0. The summed E-state index contributed by atoms with van der Waals surface area (Å²) < 4.78 is 1.86. The summed E-state index contributed by atoms with van der Waals surface area (Å²) in [4.78, 5) is 12.9. The number of benzene rings is 1. The Morgan fingerprint density at radius 2 is 2.12 bits per heavy atom. The van der Waals surface area contributed by atoms with Crippen LogP contribution in [-0.2, 0) is 24.2 Å². The van der Waals surface area contributed by atoms with Crippen molar-refractivity contribution in [2.45, 2.75) is 52.1 Å². The number of amides is 1. The number of hydrogen-bond acceptors (Lipinski definition) is 3. The summed E-state index contributed by atoms with van der Waals surface area (Å²) >= 11 is 0. The summed E-state index contributed by atoms with van der Waals surface area (Å²) in [7, 11) is 0. The van der Waals surface area contributed by atoms with Crippen molar-refractivity contribution in [3.8, 4) is 0 Å². The Bertz CT molecular complexity index is 722.